The zero-order valence-electron chi connectivity index (χ0n) is 9.07. The zero-order valence-corrected chi connectivity index (χ0v) is 9.07. The van der Waals surface area contributed by atoms with Crippen molar-refractivity contribution in [2.75, 3.05) is 6.61 Å². The van der Waals surface area contributed by atoms with E-state index in [0.29, 0.717) is 6.73 Å². The minimum Gasteiger partial charge on any atom is -0.361 e. The summed E-state index contributed by atoms with van der Waals surface area (Å²) in [6, 6.07) is 4.40. The van der Waals surface area contributed by atoms with Crippen LogP contribution in [0.25, 0.3) is 0 Å². The third-order valence-electron chi connectivity index (χ3n) is 2.35. The highest BCUT2D eigenvalue weighted by Crippen LogP contribution is 2.06. The van der Waals surface area contributed by atoms with E-state index in [9.17, 15) is 0 Å². The van der Waals surface area contributed by atoms with Gasteiger partial charge < -0.3 is 15.0 Å². The maximum absolute atomic E-state index is 5.91. The van der Waals surface area contributed by atoms with Crippen molar-refractivity contribution in [2.24, 2.45) is 5.73 Å². The van der Waals surface area contributed by atoms with Crippen LogP contribution in [-0.4, -0.2) is 17.2 Å². The van der Waals surface area contributed by atoms with Crippen molar-refractivity contribution in [1.29, 1.82) is 0 Å². The largest absolute Gasteiger partial charge is 0.361 e. The van der Waals surface area contributed by atoms with Crippen LogP contribution in [0.5, 0.6) is 0 Å². The van der Waals surface area contributed by atoms with E-state index in [0.717, 1.165) is 19.4 Å². The maximum Gasteiger partial charge on any atom is 0.122 e. The molecule has 1 heterocycles. The molecule has 0 aliphatic carbocycles. The van der Waals surface area contributed by atoms with E-state index < -0.39 is 0 Å². The Morgan fingerprint density at radius 3 is 2.93 bits per heavy atom. The van der Waals surface area contributed by atoms with Gasteiger partial charge in [0.1, 0.15) is 6.73 Å². The molecule has 0 aromatic carbocycles. The van der Waals surface area contributed by atoms with E-state index in [-0.39, 0.29) is 6.04 Å². The molecular weight excluding hydrogens is 176 g/mol. The Bertz CT molecular complexity index is 258. The average molecular weight is 196 g/mol. The molecule has 0 aliphatic heterocycles. The molecule has 0 saturated heterocycles. The molecule has 0 saturated carbocycles. The van der Waals surface area contributed by atoms with Gasteiger partial charge in [0.05, 0.1) is 0 Å². The van der Waals surface area contributed by atoms with Crippen LogP contribution >= 0.6 is 0 Å². The third-order valence-corrected chi connectivity index (χ3v) is 2.35. The van der Waals surface area contributed by atoms with Crippen LogP contribution in [0.15, 0.2) is 18.3 Å². The number of nitrogens with zero attached hydrogens (tertiary/aromatic N) is 1. The molecule has 2 N–H and O–H groups in total. The van der Waals surface area contributed by atoms with E-state index in [1.165, 1.54) is 5.69 Å². The van der Waals surface area contributed by atoms with Gasteiger partial charge >= 0.3 is 0 Å². The van der Waals surface area contributed by atoms with Crippen LogP contribution in [0.3, 0.4) is 0 Å². The van der Waals surface area contributed by atoms with Gasteiger partial charge in [-0.3, -0.25) is 0 Å². The maximum atomic E-state index is 5.91. The Morgan fingerprint density at radius 1 is 1.50 bits per heavy atom. The fraction of sp³-hybridized carbons (Fsp3) is 0.636. The van der Waals surface area contributed by atoms with Gasteiger partial charge in [0.2, 0.25) is 0 Å². The fourth-order valence-corrected chi connectivity index (χ4v) is 1.36. The van der Waals surface area contributed by atoms with Gasteiger partial charge in [-0.2, -0.15) is 0 Å². The molecule has 3 nitrogen and oxygen atoms in total. The van der Waals surface area contributed by atoms with Crippen LogP contribution in [0.2, 0.25) is 0 Å². The quantitative estimate of drug-likeness (QED) is 0.753. The molecule has 0 aliphatic rings. The first-order valence-corrected chi connectivity index (χ1v) is 5.25. The van der Waals surface area contributed by atoms with Crippen LogP contribution in [0.1, 0.15) is 26.0 Å². The van der Waals surface area contributed by atoms with E-state index in [1.807, 2.05) is 19.2 Å². The molecule has 1 aromatic rings. The van der Waals surface area contributed by atoms with Crippen molar-refractivity contribution in [3.8, 4) is 0 Å². The number of hydrogen-bond donors (Lipinski definition) is 1. The Morgan fingerprint density at radius 2 is 2.29 bits per heavy atom. The van der Waals surface area contributed by atoms with Gasteiger partial charge in [-0.05, 0) is 25.5 Å². The van der Waals surface area contributed by atoms with Gasteiger partial charge in [-0.15, -0.1) is 0 Å². The molecule has 0 radical (unpaired) electrons. The van der Waals surface area contributed by atoms with Crippen molar-refractivity contribution in [3.63, 3.8) is 0 Å². The summed E-state index contributed by atoms with van der Waals surface area (Å²) in [6.45, 7) is 5.49. The second kappa shape index (κ2) is 5.83. The van der Waals surface area contributed by atoms with Gasteiger partial charge in [0.15, 0.2) is 0 Å². The molecule has 0 spiro atoms. The lowest BCUT2D eigenvalue weighted by atomic mass is 10.1. The Labute approximate surface area is 85.9 Å². The summed E-state index contributed by atoms with van der Waals surface area (Å²) in [5, 5.41) is 0. The average Bonchev–Trinajstić information content (AvgIpc) is 2.62. The Balaban J connectivity index is 2.53. The number of nitrogens with two attached hydrogens (primary N) is 1. The summed E-state index contributed by atoms with van der Waals surface area (Å²) in [7, 11) is 0. The van der Waals surface area contributed by atoms with Crippen molar-refractivity contribution in [3.05, 3.63) is 24.0 Å². The normalized spacial score (nSPS) is 13.1. The first-order chi connectivity index (χ1) is 6.77. The highest BCUT2D eigenvalue weighted by molar-refractivity contribution is 5.08. The summed E-state index contributed by atoms with van der Waals surface area (Å²) in [5.41, 5.74) is 7.16. The molecule has 3 heteroatoms. The van der Waals surface area contributed by atoms with Gasteiger partial charge in [0.25, 0.3) is 0 Å². The van der Waals surface area contributed by atoms with Crippen LogP contribution < -0.4 is 5.73 Å². The summed E-state index contributed by atoms with van der Waals surface area (Å²) < 4.78 is 7.47. The predicted molar refractivity (Wildman–Crippen MR) is 58.0 cm³/mol. The standard InChI is InChI=1S/C11H20N2O/c1-3-10(12)8-11-6-5-7-13(11)9-14-4-2/h5-7,10H,3-4,8-9,12H2,1-2H3. The Kier molecular flexibility index (Phi) is 4.70. The predicted octanol–water partition coefficient (Wildman–Crippen LogP) is 1.76. The van der Waals surface area contributed by atoms with Gasteiger partial charge in [-0.25, -0.2) is 0 Å². The lowest BCUT2D eigenvalue weighted by molar-refractivity contribution is 0.0861. The number of ether oxygens (including phenoxy) is 1. The highest BCUT2D eigenvalue weighted by Gasteiger charge is 2.05. The summed E-state index contributed by atoms with van der Waals surface area (Å²) in [5.74, 6) is 0. The van der Waals surface area contributed by atoms with Gasteiger partial charge in [0, 0.05) is 31.0 Å². The topological polar surface area (TPSA) is 40.2 Å². The molecule has 1 rings (SSSR count). The van der Waals surface area contributed by atoms with Crippen LogP contribution in [0.4, 0.5) is 0 Å². The Hall–Kier alpha value is -0.800. The van der Waals surface area contributed by atoms with E-state index in [4.69, 9.17) is 10.5 Å². The van der Waals surface area contributed by atoms with Gasteiger partial charge in [-0.1, -0.05) is 6.92 Å². The first-order valence-electron chi connectivity index (χ1n) is 5.25. The van der Waals surface area contributed by atoms with Crippen molar-refractivity contribution < 1.29 is 4.74 Å². The highest BCUT2D eigenvalue weighted by atomic mass is 16.5. The molecule has 0 amide bonds. The number of rotatable bonds is 6. The first kappa shape index (κ1) is 11.3. The fourth-order valence-electron chi connectivity index (χ4n) is 1.36. The summed E-state index contributed by atoms with van der Waals surface area (Å²) in [6.07, 6.45) is 3.98. The molecule has 1 unspecified atom stereocenters. The molecule has 1 aromatic heterocycles. The minimum absolute atomic E-state index is 0.255. The van der Waals surface area contributed by atoms with Crippen LogP contribution in [0, 0.1) is 0 Å². The monoisotopic (exact) mass is 196 g/mol. The molecule has 14 heavy (non-hydrogen) atoms. The molecular formula is C11H20N2O. The number of aromatic nitrogens is 1. The van der Waals surface area contributed by atoms with E-state index in [1.54, 1.807) is 0 Å². The smallest absolute Gasteiger partial charge is 0.122 e. The summed E-state index contributed by atoms with van der Waals surface area (Å²) in [4.78, 5) is 0. The van der Waals surface area contributed by atoms with Crippen molar-refractivity contribution >= 4 is 0 Å². The lowest BCUT2D eigenvalue weighted by Crippen LogP contribution is -2.23. The molecule has 80 valence electrons. The lowest BCUT2D eigenvalue weighted by Gasteiger charge is -2.12. The van der Waals surface area contributed by atoms with Crippen molar-refractivity contribution in [2.45, 2.75) is 39.5 Å². The third kappa shape index (κ3) is 3.16. The van der Waals surface area contributed by atoms with Crippen molar-refractivity contribution in [1.82, 2.24) is 4.57 Å². The van der Waals surface area contributed by atoms with E-state index >= 15 is 0 Å². The summed E-state index contributed by atoms with van der Waals surface area (Å²) >= 11 is 0. The SMILES string of the molecule is CCOCn1cccc1CC(N)CC. The van der Waals surface area contributed by atoms with Crippen LogP contribution in [-0.2, 0) is 17.9 Å². The zero-order chi connectivity index (χ0) is 10.4. The number of hydrogen-bond acceptors (Lipinski definition) is 2. The van der Waals surface area contributed by atoms with E-state index in [2.05, 4.69) is 17.6 Å². The second-order valence-electron chi connectivity index (χ2n) is 3.46. The second-order valence-corrected chi connectivity index (χ2v) is 3.46. The minimum atomic E-state index is 0.255. The molecule has 1 atom stereocenters. The molecule has 0 bridgehead atoms. The molecule has 0 fully saturated rings.